The molecule has 1 unspecified atom stereocenters. The number of rotatable bonds is 4. The van der Waals surface area contributed by atoms with Gasteiger partial charge in [0.05, 0.1) is 16.6 Å². The minimum Gasteiger partial charge on any atom is -0.298 e. The summed E-state index contributed by atoms with van der Waals surface area (Å²) in [6.45, 7) is 0. The number of hydrogen-bond donors (Lipinski definition) is 0. The Labute approximate surface area is 119 Å². The van der Waals surface area contributed by atoms with Crippen molar-refractivity contribution >= 4 is 32.5 Å². The van der Waals surface area contributed by atoms with E-state index in [4.69, 9.17) is 0 Å². The Kier molecular flexibility index (Phi) is 5.13. The van der Waals surface area contributed by atoms with Crippen molar-refractivity contribution < 1.29 is 9.00 Å². The maximum atomic E-state index is 12.1. The Morgan fingerprint density at radius 3 is 2.39 bits per heavy atom. The molecule has 98 valence electrons. The first-order valence-electron chi connectivity index (χ1n) is 6.33. The van der Waals surface area contributed by atoms with Crippen LogP contribution in [0.4, 0.5) is 0 Å². The monoisotopic (exact) mass is 328 g/mol. The Hall–Kier alpha value is -0.480. The van der Waals surface area contributed by atoms with E-state index in [1.165, 1.54) is 6.42 Å². The van der Waals surface area contributed by atoms with Crippen LogP contribution in [0.5, 0.6) is 0 Å². The molecule has 2 rings (SSSR count). The zero-order chi connectivity index (χ0) is 13.0. The van der Waals surface area contributed by atoms with Crippen LogP contribution in [0, 0.1) is 5.92 Å². The zero-order valence-corrected chi connectivity index (χ0v) is 12.6. The summed E-state index contributed by atoms with van der Waals surface area (Å²) in [6, 6.07) is 7.35. The smallest absolute Gasteiger partial charge is 0.148 e. The van der Waals surface area contributed by atoms with Crippen LogP contribution < -0.4 is 0 Å². The minimum absolute atomic E-state index is 0.151. The second-order valence-electron chi connectivity index (χ2n) is 4.75. The van der Waals surface area contributed by atoms with Crippen LogP contribution in [-0.2, 0) is 15.6 Å². The van der Waals surface area contributed by atoms with Crippen molar-refractivity contribution in [3.63, 3.8) is 0 Å². The number of carbonyl (C=O) groups is 1. The quantitative estimate of drug-likeness (QED) is 0.844. The highest BCUT2D eigenvalue weighted by molar-refractivity contribution is 9.10. The van der Waals surface area contributed by atoms with Gasteiger partial charge in [-0.1, -0.05) is 35.2 Å². The highest BCUT2D eigenvalue weighted by Crippen LogP contribution is 2.25. The van der Waals surface area contributed by atoms with E-state index < -0.39 is 10.8 Å². The number of Topliss-reactive ketones (excluding diaryl/α,β-unsaturated/α-hetero) is 1. The SMILES string of the molecule is O=C(CS(=O)c1ccc(Br)cc1)C1CCCCC1. The molecule has 0 bridgehead atoms. The molecule has 1 saturated carbocycles. The summed E-state index contributed by atoms with van der Waals surface area (Å²) in [6.07, 6.45) is 5.48. The van der Waals surface area contributed by atoms with Crippen molar-refractivity contribution in [3.05, 3.63) is 28.7 Å². The number of halogens is 1. The molecule has 0 saturated heterocycles. The molecule has 0 radical (unpaired) electrons. The van der Waals surface area contributed by atoms with Gasteiger partial charge in [0.25, 0.3) is 0 Å². The lowest BCUT2D eigenvalue weighted by Gasteiger charge is -2.19. The summed E-state index contributed by atoms with van der Waals surface area (Å²) in [4.78, 5) is 12.8. The first kappa shape index (κ1) is 13.9. The lowest BCUT2D eigenvalue weighted by Crippen LogP contribution is -2.23. The van der Waals surface area contributed by atoms with Gasteiger partial charge in [0.2, 0.25) is 0 Å². The van der Waals surface area contributed by atoms with Crippen LogP contribution in [0.25, 0.3) is 0 Å². The maximum Gasteiger partial charge on any atom is 0.148 e. The molecule has 0 amide bonds. The van der Waals surface area contributed by atoms with E-state index in [-0.39, 0.29) is 17.5 Å². The minimum atomic E-state index is -1.19. The van der Waals surface area contributed by atoms with Crippen LogP contribution in [0.2, 0.25) is 0 Å². The lowest BCUT2D eigenvalue weighted by atomic mass is 9.87. The largest absolute Gasteiger partial charge is 0.298 e. The van der Waals surface area contributed by atoms with Crippen molar-refractivity contribution in [2.45, 2.75) is 37.0 Å². The first-order chi connectivity index (χ1) is 8.66. The zero-order valence-electron chi connectivity index (χ0n) is 10.2. The van der Waals surface area contributed by atoms with Gasteiger partial charge in [-0.2, -0.15) is 0 Å². The predicted octanol–water partition coefficient (Wildman–Crippen LogP) is 3.71. The summed E-state index contributed by atoms with van der Waals surface area (Å²) in [5, 5.41) is 0. The molecule has 0 heterocycles. The number of carbonyl (C=O) groups excluding carboxylic acids is 1. The Morgan fingerprint density at radius 1 is 1.17 bits per heavy atom. The first-order valence-corrected chi connectivity index (χ1v) is 8.44. The highest BCUT2D eigenvalue weighted by atomic mass is 79.9. The van der Waals surface area contributed by atoms with Crippen LogP contribution in [0.15, 0.2) is 33.6 Å². The Morgan fingerprint density at radius 2 is 1.78 bits per heavy atom. The third-order valence-corrected chi connectivity index (χ3v) is 5.28. The molecule has 0 aromatic heterocycles. The Balaban J connectivity index is 1.94. The molecule has 0 aliphatic heterocycles. The standard InChI is InChI=1S/C14H17BrO2S/c15-12-6-8-13(9-7-12)18(17)10-14(16)11-4-2-1-3-5-11/h6-9,11H,1-5,10H2. The van der Waals surface area contributed by atoms with E-state index in [0.29, 0.717) is 0 Å². The van der Waals surface area contributed by atoms with Crippen LogP contribution in [0.1, 0.15) is 32.1 Å². The van der Waals surface area contributed by atoms with Gasteiger partial charge in [0.1, 0.15) is 5.78 Å². The summed E-state index contributed by atoms with van der Waals surface area (Å²) in [5.74, 6) is 0.501. The van der Waals surface area contributed by atoms with Gasteiger partial charge < -0.3 is 0 Å². The second kappa shape index (κ2) is 6.62. The Bertz CT molecular complexity index is 436. The molecule has 4 heteroatoms. The fourth-order valence-corrected chi connectivity index (χ4v) is 3.71. The van der Waals surface area contributed by atoms with E-state index in [9.17, 15) is 9.00 Å². The summed E-state index contributed by atoms with van der Waals surface area (Å²) < 4.78 is 13.0. The van der Waals surface area contributed by atoms with Crippen LogP contribution in [-0.4, -0.2) is 15.7 Å². The van der Waals surface area contributed by atoms with Crippen molar-refractivity contribution in [1.82, 2.24) is 0 Å². The molecule has 1 aliphatic rings. The third kappa shape index (κ3) is 3.75. The summed E-state index contributed by atoms with van der Waals surface area (Å²) in [7, 11) is -1.19. The normalized spacial score (nSPS) is 18.5. The summed E-state index contributed by atoms with van der Waals surface area (Å²) in [5.41, 5.74) is 0. The molecular weight excluding hydrogens is 312 g/mol. The van der Waals surface area contributed by atoms with E-state index >= 15 is 0 Å². The van der Waals surface area contributed by atoms with Crippen molar-refractivity contribution in [2.75, 3.05) is 5.75 Å². The number of benzene rings is 1. The topological polar surface area (TPSA) is 34.1 Å². The average molecular weight is 329 g/mol. The molecule has 1 atom stereocenters. The van der Waals surface area contributed by atoms with E-state index in [0.717, 1.165) is 35.1 Å². The van der Waals surface area contributed by atoms with Crippen molar-refractivity contribution in [3.8, 4) is 0 Å². The molecule has 1 fully saturated rings. The van der Waals surface area contributed by atoms with Crippen molar-refractivity contribution in [1.29, 1.82) is 0 Å². The summed E-state index contributed by atoms with van der Waals surface area (Å²) >= 11 is 3.34. The maximum absolute atomic E-state index is 12.1. The average Bonchev–Trinajstić information content (AvgIpc) is 2.40. The van der Waals surface area contributed by atoms with E-state index in [1.54, 1.807) is 0 Å². The van der Waals surface area contributed by atoms with Gasteiger partial charge in [-0.15, -0.1) is 0 Å². The van der Waals surface area contributed by atoms with Gasteiger partial charge in [-0.3, -0.25) is 9.00 Å². The molecule has 1 aliphatic carbocycles. The molecular formula is C14H17BrO2S. The molecule has 1 aromatic carbocycles. The van der Waals surface area contributed by atoms with Gasteiger partial charge in [0.15, 0.2) is 0 Å². The van der Waals surface area contributed by atoms with Crippen LogP contribution in [0.3, 0.4) is 0 Å². The van der Waals surface area contributed by atoms with Gasteiger partial charge in [0, 0.05) is 15.3 Å². The van der Waals surface area contributed by atoms with E-state index in [2.05, 4.69) is 15.9 Å². The van der Waals surface area contributed by atoms with Crippen molar-refractivity contribution in [2.24, 2.45) is 5.92 Å². The predicted molar refractivity (Wildman–Crippen MR) is 77.0 cm³/mol. The molecule has 0 spiro atoms. The fourth-order valence-electron chi connectivity index (χ4n) is 2.34. The number of ketones is 1. The lowest BCUT2D eigenvalue weighted by molar-refractivity contribution is -0.121. The van der Waals surface area contributed by atoms with Gasteiger partial charge >= 0.3 is 0 Å². The molecule has 18 heavy (non-hydrogen) atoms. The molecule has 0 N–H and O–H groups in total. The van der Waals surface area contributed by atoms with Crippen LogP contribution >= 0.6 is 15.9 Å². The van der Waals surface area contributed by atoms with E-state index in [1.807, 2.05) is 24.3 Å². The highest BCUT2D eigenvalue weighted by Gasteiger charge is 2.22. The third-order valence-electron chi connectivity index (χ3n) is 3.41. The number of hydrogen-bond acceptors (Lipinski definition) is 2. The molecule has 1 aromatic rings. The van der Waals surface area contributed by atoms with Gasteiger partial charge in [-0.05, 0) is 37.1 Å². The van der Waals surface area contributed by atoms with Gasteiger partial charge in [-0.25, -0.2) is 0 Å². The fraction of sp³-hybridized carbons (Fsp3) is 0.500. The second-order valence-corrected chi connectivity index (χ2v) is 7.11. The molecule has 2 nitrogen and oxygen atoms in total.